The molecule has 166 valence electrons. The van der Waals surface area contributed by atoms with Crippen molar-refractivity contribution in [2.75, 3.05) is 4.90 Å². The molecule has 3 aromatic rings. The average molecular weight is 457 g/mol. The van der Waals surface area contributed by atoms with Crippen LogP contribution < -0.4 is 4.90 Å². The second-order valence-electron chi connectivity index (χ2n) is 8.67. The summed E-state index contributed by atoms with van der Waals surface area (Å²) in [6.07, 6.45) is 1.45. The number of aliphatic imine (C=N–C) groups is 1. The van der Waals surface area contributed by atoms with E-state index in [0.717, 1.165) is 28.2 Å². The maximum Gasteiger partial charge on any atom is 0.227 e. The Morgan fingerprint density at radius 3 is 2.36 bits per heavy atom. The Balaban J connectivity index is 1.69. The highest BCUT2D eigenvalue weighted by Crippen LogP contribution is 2.47. The normalized spacial score (nSPS) is 22.1. The number of carbonyl (C=O) groups excluding carboxylic acids is 2. The summed E-state index contributed by atoms with van der Waals surface area (Å²) in [6, 6.07) is 24.9. The third kappa shape index (κ3) is 4.00. The van der Waals surface area contributed by atoms with Gasteiger partial charge in [0.05, 0.1) is 23.3 Å². The molecular weight excluding hydrogens is 432 g/mol. The molecule has 0 aromatic heterocycles. The van der Waals surface area contributed by atoms with Crippen LogP contribution in [-0.4, -0.2) is 17.4 Å². The molecule has 1 aliphatic heterocycles. The Kier molecular flexibility index (Phi) is 5.86. The zero-order chi connectivity index (χ0) is 22.9. The molecule has 4 nitrogen and oxygen atoms in total. The summed E-state index contributed by atoms with van der Waals surface area (Å²) in [7, 11) is 0. The molecule has 1 saturated carbocycles. The molecule has 3 aromatic carbocycles. The highest BCUT2D eigenvalue weighted by Gasteiger charge is 2.45. The van der Waals surface area contributed by atoms with Gasteiger partial charge in [-0.15, -0.1) is 0 Å². The molecule has 1 fully saturated rings. The smallest absolute Gasteiger partial charge is 0.227 e. The van der Waals surface area contributed by atoms with E-state index in [2.05, 4.69) is 12.1 Å². The van der Waals surface area contributed by atoms with E-state index < -0.39 is 12.0 Å². The van der Waals surface area contributed by atoms with Crippen LogP contribution in [0.25, 0.3) is 0 Å². The van der Waals surface area contributed by atoms with Gasteiger partial charge in [0.1, 0.15) is 5.78 Å². The zero-order valence-electron chi connectivity index (χ0n) is 18.4. The van der Waals surface area contributed by atoms with E-state index in [9.17, 15) is 9.59 Å². The van der Waals surface area contributed by atoms with Crippen LogP contribution in [0.3, 0.4) is 0 Å². The molecular formula is C28H25ClN2O2. The summed E-state index contributed by atoms with van der Waals surface area (Å²) in [5.41, 5.74) is 4.36. The third-order valence-corrected chi connectivity index (χ3v) is 6.91. The van der Waals surface area contributed by atoms with Gasteiger partial charge in [0.25, 0.3) is 0 Å². The number of anilines is 1. The number of fused-ring (bicyclic) bond motifs is 2. The fourth-order valence-corrected chi connectivity index (χ4v) is 5.24. The van der Waals surface area contributed by atoms with Gasteiger partial charge in [-0.1, -0.05) is 73.1 Å². The van der Waals surface area contributed by atoms with Gasteiger partial charge in [0.15, 0.2) is 0 Å². The molecule has 0 saturated heterocycles. The maximum atomic E-state index is 13.8. The number of nitrogens with zero attached hydrogens (tertiary/aromatic N) is 2. The molecule has 33 heavy (non-hydrogen) atoms. The van der Waals surface area contributed by atoms with E-state index in [4.69, 9.17) is 16.6 Å². The monoisotopic (exact) mass is 456 g/mol. The first-order valence-corrected chi connectivity index (χ1v) is 11.8. The first-order chi connectivity index (χ1) is 16.1. The van der Waals surface area contributed by atoms with E-state index in [1.165, 1.54) is 0 Å². The van der Waals surface area contributed by atoms with Crippen LogP contribution >= 0.6 is 11.6 Å². The van der Waals surface area contributed by atoms with Crippen molar-refractivity contribution in [1.82, 2.24) is 0 Å². The van der Waals surface area contributed by atoms with E-state index in [0.29, 0.717) is 24.3 Å². The number of amides is 1. The molecule has 1 aliphatic carbocycles. The van der Waals surface area contributed by atoms with Gasteiger partial charge in [-0.3, -0.25) is 14.6 Å². The molecule has 0 bridgehead atoms. The molecule has 5 rings (SSSR count). The van der Waals surface area contributed by atoms with Crippen molar-refractivity contribution in [1.29, 1.82) is 0 Å². The molecule has 0 radical (unpaired) electrons. The minimum Gasteiger partial charge on any atom is -0.302 e. The summed E-state index contributed by atoms with van der Waals surface area (Å²) in [5, 5.41) is 0.620. The van der Waals surface area contributed by atoms with Crippen LogP contribution in [0.1, 0.15) is 49.3 Å². The zero-order valence-corrected chi connectivity index (χ0v) is 19.2. The maximum absolute atomic E-state index is 13.8. The first kappa shape index (κ1) is 21.6. The number of ketones is 1. The van der Waals surface area contributed by atoms with Crippen molar-refractivity contribution in [2.24, 2.45) is 10.9 Å². The molecule has 0 N–H and O–H groups in total. The second kappa shape index (κ2) is 8.95. The van der Waals surface area contributed by atoms with Crippen molar-refractivity contribution in [3.8, 4) is 0 Å². The average Bonchev–Trinajstić information content (AvgIpc) is 2.99. The lowest BCUT2D eigenvalue weighted by molar-refractivity contribution is -0.123. The van der Waals surface area contributed by atoms with Crippen LogP contribution in [0.2, 0.25) is 5.02 Å². The van der Waals surface area contributed by atoms with Crippen LogP contribution in [0.15, 0.2) is 83.9 Å². The van der Waals surface area contributed by atoms with E-state index in [-0.39, 0.29) is 17.6 Å². The number of hydrogen-bond donors (Lipinski definition) is 0. The summed E-state index contributed by atoms with van der Waals surface area (Å²) in [6.45, 7) is 1.85. The fraction of sp³-hybridized carbons (Fsp3) is 0.250. The lowest BCUT2D eigenvalue weighted by Crippen LogP contribution is -2.45. The Hall–Kier alpha value is -3.24. The van der Waals surface area contributed by atoms with Gasteiger partial charge in [-0.05, 0) is 47.7 Å². The lowest BCUT2D eigenvalue weighted by atomic mass is 9.72. The van der Waals surface area contributed by atoms with Gasteiger partial charge in [0.2, 0.25) is 5.91 Å². The minimum atomic E-state index is -0.492. The molecule has 1 heterocycles. The van der Waals surface area contributed by atoms with Crippen molar-refractivity contribution in [3.63, 3.8) is 0 Å². The van der Waals surface area contributed by atoms with Crippen LogP contribution in [-0.2, 0) is 9.59 Å². The van der Waals surface area contributed by atoms with Crippen LogP contribution in [0.4, 0.5) is 11.4 Å². The topological polar surface area (TPSA) is 49.7 Å². The molecule has 5 heteroatoms. The number of carbonyl (C=O) groups is 2. The Bertz CT molecular complexity index is 1220. The van der Waals surface area contributed by atoms with E-state index in [1.807, 2.05) is 73.7 Å². The van der Waals surface area contributed by atoms with Gasteiger partial charge in [-0.25, -0.2) is 0 Å². The van der Waals surface area contributed by atoms with E-state index >= 15 is 0 Å². The standard InChI is InChI=1S/C28H25ClN2O2/c1-2-26(33)31-24-11-7-6-10-22(24)30-23-16-20(18-8-4-3-5-9-18)17-25(32)27(23)28(31)19-12-14-21(29)15-13-19/h3-15,20,27-28H,2,16-17H2,1H3. The van der Waals surface area contributed by atoms with Crippen molar-refractivity contribution in [2.45, 2.75) is 38.1 Å². The summed E-state index contributed by atoms with van der Waals surface area (Å²) in [5.74, 6) is -0.318. The fourth-order valence-electron chi connectivity index (χ4n) is 5.12. The minimum absolute atomic E-state index is 0.0307. The molecule has 1 amide bonds. The lowest BCUT2D eigenvalue weighted by Gasteiger charge is -2.39. The van der Waals surface area contributed by atoms with Crippen molar-refractivity contribution < 1.29 is 9.59 Å². The molecule has 3 atom stereocenters. The van der Waals surface area contributed by atoms with Crippen LogP contribution in [0.5, 0.6) is 0 Å². The SMILES string of the molecule is CCC(=O)N1c2ccccc2N=C2CC(c3ccccc3)CC(=O)C2C1c1ccc(Cl)cc1. The summed E-state index contributed by atoms with van der Waals surface area (Å²) in [4.78, 5) is 33.9. The number of para-hydroxylation sites is 2. The van der Waals surface area contributed by atoms with Gasteiger partial charge < -0.3 is 4.90 Å². The molecule has 3 unspecified atom stereocenters. The highest BCUT2D eigenvalue weighted by atomic mass is 35.5. The largest absolute Gasteiger partial charge is 0.302 e. The number of rotatable bonds is 3. The van der Waals surface area contributed by atoms with Gasteiger partial charge in [0, 0.05) is 23.6 Å². The Labute approximate surface area is 198 Å². The number of halogens is 1. The van der Waals surface area contributed by atoms with Gasteiger partial charge in [-0.2, -0.15) is 0 Å². The number of hydrogen-bond acceptors (Lipinski definition) is 3. The molecule has 0 spiro atoms. The quantitative estimate of drug-likeness (QED) is 0.441. The number of Topliss-reactive ketones (excluding diaryl/α,β-unsaturated/α-hetero) is 1. The predicted octanol–water partition coefficient (Wildman–Crippen LogP) is 6.67. The van der Waals surface area contributed by atoms with Crippen molar-refractivity contribution >= 4 is 40.4 Å². The molecule has 2 aliphatic rings. The third-order valence-electron chi connectivity index (χ3n) is 6.66. The van der Waals surface area contributed by atoms with Gasteiger partial charge >= 0.3 is 0 Å². The Morgan fingerprint density at radius 2 is 1.64 bits per heavy atom. The summed E-state index contributed by atoms with van der Waals surface area (Å²) >= 11 is 6.17. The van der Waals surface area contributed by atoms with Crippen molar-refractivity contribution in [3.05, 3.63) is 95.0 Å². The number of benzene rings is 3. The second-order valence-corrected chi connectivity index (χ2v) is 9.10. The first-order valence-electron chi connectivity index (χ1n) is 11.4. The predicted molar refractivity (Wildman–Crippen MR) is 132 cm³/mol. The Morgan fingerprint density at radius 1 is 0.939 bits per heavy atom. The van der Waals surface area contributed by atoms with Crippen LogP contribution in [0, 0.1) is 5.92 Å². The van der Waals surface area contributed by atoms with E-state index in [1.54, 1.807) is 4.90 Å². The summed E-state index contributed by atoms with van der Waals surface area (Å²) < 4.78 is 0. The highest BCUT2D eigenvalue weighted by molar-refractivity contribution is 6.30.